The fourth-order valence-corrected chi connectivity index (χ4v) is 3.70. The van der Waals surface area contributed by atoms with Gasteiger partial charge in [0.15, 0.2) is 0 Å². The van der Waals surface area contributed by atoms with Gasteiger partial charge in [-0.15, -0.1) is 0 Å². The first-order valence-corrected chi connectivity index (χ1v) is 10.2. The Labute approximate surface area is 173 Å². The van der Waals surface area contributed by atoms with Gasteiger partial charge in [0.25, 0.3) is 15.9 Å². The lowest BCUT2D eigenvalue weighted by molar-refractivity contribution is 0.0696. The molecule has 0 radical (unpaired) electrons. The molecule has 0 aliphatic heterocycles. The van der Waals surface area contributed by atoms with Crippen molar-refractivity contribution in [3.05, 3.63) is 83.9 Å². The minimum absolute atomic E-state index is 0.0341. The van der Waals surface area contributed by atoms with Gasteiger partial charge in [-0.1, -0.05) is 12.1 Å². The standard InChI is InChI=1S/C21H18N2O6S/c1-29-16-10-8-15(9-11-16)22-20(24)18-4-2-3-5-19(18)23-30(27,28)17-12-6-14(7-13-17)21(25)26/h2-13,23H,1H3,(H,22,24)(H,25,26). The van der Waals surface area contributed by atoms with E-state index in [2.05, 4.69) is 10.0 Å². The molecule has 8 nitrogen and oxygen atoms in total. The molecule has 0 bridgehead atoms. The third-order valence-electron chi connectivity index (χ3n) is 4.18. The van der Waals surface area contributed by atoms with Crippen molar-refractivity contribution in [3.8, 4) is 5.75 Å². The van der Waals surface area contributed by atoms with E-state index >= 15 is 0 Å². The maximum Gasteiger partial charge on any atom is 0.335 e. The number of para-hydroxylation sites is 1. The summed E-state index contributed by atoms with van der Waals surface area (Å²) in [7, 11) is -2.50. The first-order valence-electron chi connectivity index (χ1n) is 8.71. The first kappa shape index (κ1) is 20.9. The van der Waals surface area contributed by atoms with Gasteiger partial charge in [0.2, 0.25) is 0 Å². The normalized spacial score (nSPS) is 10.8. The Balaban J connectivity index is 1.83. The summed E-state index contributed by atoms with van der Waals surface area (Å²) in [6.45, 7) is 0. The monoisotopic (exact) mass is 426 g/mol. The van der Waals surface area contributed by atoms with Gasteiger partial charge < -0.3 is 15.2 Å². The number of ether oxygens (including phenoxy) is 1. The number of carbonyl (C=O) groups is 2. The Morgan fingerprint density at radius 2 is 1.53 bits per heavy atom. The predicted octanol–water partition coefficient (Wildman–Crippen LogP) is 3.45. The number of carboxylic acid groups (broad SMARTS) is 1. The van der Waals surface area contributed by atoms with Crippen molar-refractivity contribution < 1.29 is 27.9 Å². The fourth-order valence-electron chi connectivity index (χ4n) is 2.62. The van der Waals surface area contributed by atoms with E-state index in [1.807, 2.05) is 0 Å². The Kier molecular flexibility index (Phi) is 6.03. The van der Waals surface area contributed by atoms with Gasteiger partial charge in [-0.2, -0.15) is 0 Å². The van der Waals surface area contributed by atoms with Crippen molar-refractivity contribution in [1.29, 1.82) is 0 Å². The van der Waals surface area contributed by atoms with Crippen LogP contribution in [0, 0.1) is 0 Å². The zero-order valence-corrected chi connectivity index (χ0v) is 16.6. The van der Waals surface area contributed by atoms with Crippen LogP contribution in [0.5, 0.6) is 5.75 Å². The molecule has 30 heavy (non-hydrogen) atoms. The largest absolute Gasteiger partial charge is 0.497 e. The zero-order valence-electron chi connectivity index (χ0n) is 15.8. The molecule has 0 aliphatic rings. The number of rotatable bonds is 7. The molecule has 0 fully saturated rings. The number of carboxylic acids is 1. The van der Waals surface area contributed by atoms with Crippen LogP contribution in [0.15, 0.2) is 77.7 Å². The van der Waals surface area contributed by atoms with Crippen LogP contribution >= 0.6 is 0 Å². The van der Waals surface area contributed by atoms with E-state index in [1.54, 1.807) is 36.4 Å². The number of methoxy groups -OCH3 is 1. The van der Waals surface area contributed by atoms with E-state index in [4.69, 9.17) is 9.84 Å². The van der Waals surface area contributed by atoms with E-state index in [-0.39, 0.29) is 21.7 Å². The number of amides is 1. The number of anilines is 2. The van der Waals surface area contributed by atoms with Crippen molar-refractivity contribution >= 4 is 33.3 Å². The summed E-state index contributed by atoms with van der Waals surface area (Å²) >= 11 is 0. The summed E-state index contributed by atoms with van der Waals surface area (Å²) < 4.78 is 32.8. The average Bonchev–Trinajstić information content (AvgIpc) is 2.74. The molecule has 3 N–H and O–H groups in total. The summed E-state index contributed by atoms with van der Waals surface area (Å²) in [5, 5.41) is 11.6. The van der Waals surface area contributed by atoms with Crippen molar-refractivity contribution in [2.45, 2.75) is 4.90 Å². The highest BCUT2D eigenvalue weighted by molar-refractivity contribution is 7.92. The molecule has 3 aromatic carbocycles. The molecule has 0 aromatic heterocycles. The minimum Gasteiger partial charge on any atom is -0.497 e. The molecular formula is C21H18N2O6S. The van der Waals surface area contributed by atoms with Crippen LogP contribution in [0.1, 0.15) is 20.7 Å². The molecule has 0 aliphatic carbocycles. The maximum absolute atomic E-state index is 12.7. The van der Waals surface area contributed by atoms with Gasteiger partial charge in [-0.25, -0.2) is 13.2 Å². The quantitative estimate of drug-likeness (QED) is 0.532. The maximum atomic E-state index is 12.7. The second-order valence-electron chi connectivity index (χ2n) is 6.16. The smallest absolute Gasteiger partial charge is 0.335 e. The molecule has 0 atom stereocenters. The summed E-state index contributed by atoms with van der Waals surface area (Å²) in [5.41, 5.74) is 0.695. The van der Waals surface area contributed by atoms with Crippen LogP contribution < -0.4 is 14.8 Å². The summed E-state index contributed by atoms with van der Waals surface area (Å²) in [6.07, 6.45) is 0. The average molecular weight is 426 g/mol. The topological polar surface area (TPSA) is 122 Å². The minimum atomic E-state index is -4.03. The van der Waals surface area contributed by atoms with Gasteiger partial charge >= 0.3 is 5.97 Å². The van der Waals surface area contributed by atoms with E-state index < -0.39 is 21.9 Å². The molecule has 0 spiro atoms. The fraction of sp³-hybridized carbons (Fsp3) is 0.0476. The molecule has 154 valence electrons. The highest BCUT2D eigenvalue weighted by atomic mass is 32.2. The van der Waals surface area contributed by atoms with Crippen LogP contribution in [0.4, 0.5) is 11.4 Å². The number of benzene rings is 3. The summed E-state index contributed by atoms with van der Waals surface area (Å²) in [4.78, 5) is 23.5. The lowest BCUT2D eigenvalue weighted by atomic mass is 10.1. The van der Waals surface area contributed by atoms with Gasteiger partial charge in [-0.05, 0) is 60.7 Å². The zero-order chi connectivity index (χ0) is 21.7. The molecule has 1 amide bonds. The second kappa shape index (κ2) is 8.66. The lowest BCUT2D eigenvalue weighted by Crippen LogP contribution is -2.18. The molecule has 0 heterocycles. The second-order valence-corrected chi connectivity index (χ2v) is 7.85. The van der Waals surface area contributed by atoms with E-state index in [0.717, 1.165) is 0 Å². The van der Waals surface area contributed by atoms with E-state index in [9.17, 15) is 18.0 Å². The Bertz CT molecular complexity index is 1170. The molecule has 0 unspecified atom stereocenters. The Morgan fingerprint density at radius 1 is 0.900 bits per heavy atom. The first-order chi connectivity index (χ1) is 14.3. The lowest BCUT2D eigenvalue weighted by Gasteiger charge is -2.13. The molecule has 9 heteroatoms. The third kappa shape index (κ3) is 4.76. The van der Waals surface area contributed by atoms with Crippen molar-refractivity contribution in [1.82, 2.24) is 0 Å². The van der Waals surface area contributed by atoms with Crippen molar-refractivity contribution in [3.63, 3.8) is 0 Å². The van der Waals surface area contributed by atoms with Crippen LogP contribution in [-0.4, -0.2) is 32.5 Å². The van der Waals surface area contributed by atoms with Crippen molar-refractivity contribution in [2.24, 2.45) is 0 Å². The van der Waals surface area contributed by atoms with Crippen LogP contribution in [0.25, 0.3) is 0 Å². The predicted molar refractivity (Wildman–Crippen MR) is 112 cm³/mol. The number of sulfonamides is 1. The Hall–Kier alpha value is -3.85. The van der Waals surface area contributed by atoms with E-state index in [0.29, 0.717) is 11.4 Å². The van der Waals surface area contributed by atoms with Gasteiger partial charge in [0, 0.05) is 5.69 Å². The van der Waals surface area contributed by atoms with E-state index in [1.165, 1.54) is 43.5 Å². The molecular weight excluding hydrogens is 408 g/mol. The highest BCUT2D eigenvalue weighted by Crippen LogP contribution is 2.22. The SMILES string of the molecule is COc1ccc(NC(=O)c2ccccc2NS(=O)(=O)c2ccc(C(=O)O)cc2)cc1. The number of hydrogen-bond donors (Lipinski definition) is 3. The van der Waals surface area contributed by atoms with Crippen LogP contribution in [0.3, 0.4) is 0 Å². The number of carbonyl (C=O) groups excluding carboxylic acids is 1. The van der Waals surface area contributed by atoms with Crippen LogP contribution in [0.2, 0.25) is 0 Å². The molecule has 3 aromatic rings. The summed E-state index contributed by atoms with van der Waals surface area (Å²) in [5.74, 6) is -1.03. The molecule has 3 rings (SSSR count). The van der Waals surface area contributed by atoms with Crippen molar-refractivity contribution in [2.75, 3.05) is 17.1 Å². The number of nitrogens with one attached hydrogen (secondary N) is 2. The summed E-state index contributed by atoms with van der Waals surface area (Å²) in [6, 6.07) is 17.6. The van der Waals surface area contributed by atoms with Gasteiger partial charge in [-0.3, -0.25) is 9.52 Å². The molecule has 0 saturated heterocycles. The highest BCUT2D eigenvalue weighted by Gasteiger charge is 2.19. The van der Waals surface area contributed by atoms with Gasteiger partial charge in [0.1, 0.15) is 5.75 Å². The Morgan fingerprint density at radius 3 is 2.13 bits per heavy atom. The van der Waals surface area contributed by atoms with Crippen LogP contribution in [-0.2, 0) is 10.0 Å². The van der Waals surface area contributed by atoms with Gasteiger partial charge in [0.05, 0.1) is 28.8 Å². The third-order valence-corrected chi connectivity index (χ3v) is 5.56. The molecule has 0 saturated carbocycles. The number of hydrogen-bond acceptors (Lipinski definition) is 5. The number of aromatic carboxylic acids is 1.